The van der Waals surface area contributed by atoms with Gasteiger partial charge in [-0.25, -0.2) is 12.8 Å². The summed E-state index contributed by atoms with van der Waals surface area (Å²) in [6.45, 7) is 4.39. The zero-order chi connectivity index (χ0) is 25.6. The number of thioether (sulfide) groups is 1. The molecule has 0 radical (unpaired) electrons. The highest BCUT2D eigenvalue weighted by Crippen LogP contribution is 2.26. The van der Waals surface area contributed by atoms with Gasteiger partial charge in [0.25, 0.3) is 5.91 Å². The topological polar surface area (TPSA) is 66.5 Å². The number of halogens is 2. The van der Waals surface area contributed by atoms with Crippen molar-refractivity contribution in [1.82, 2.24) is 5.32 Å². The number of hydrogen-bond acceptors (Lipinski definition) is 4. The van der Waals surface area contributed by atoms with Crippen LogP contribution in [0.4, 0.5) is 10.1 Å². The zero-order valence-corrected chi connectivity index (χ0v) is 22.2. The van der Waals surface area contributed by atoms with Crippen molar-refractivity contribution in [1.29, 1.82) is 0 Å². The minimum absolute atomic E-state index is 0.167. The van der Waals surface area contributed by atoms with Gasteiger partial charge in [0.05, 0.1) is 18.5 Å². The molecule has 0 aromatic heterocycles. The third-order valence-electron chi connectivity index (χ3n) is 5.42. The third kappa shape index (κ3) is 7.46. The molecule has 3 aromatic rings. The van der Waals surface area contributed by atoms with Crippen LogP contribution in [0.3, 0.4) is 0 Å². The van der Waals surface area contributed by atoms with E-state index in [1.807, 2.05) is 32.0 Å². The molecular formula is C26H28ClFN2O3S2. The molecule has 3 rings (SSSR count). The molecule has 1 amide bonds. The lowest BCUT2D eigenvalue weighted by Crippen LogP contribution is -2.30. The predicted octanol–water partition coefficient (Wildman–Crippen LogP) is 5.73. The van der Waals surface area contributed by atoms with E-state index < -0.39 is 10.0 Å². The molecule has 0 saturated carbocycles. The first-order chi connectivity index (χ1) is 16.6. The lowest BCUT2D eigenvalue weighted by Gasteiger charge is -2.25. The number of amides is 1. The molecule has 186 valence electrons. The number of hydrogen-bond donors (Lipinski definition) is 1. The van der Waals surface area contributed by atoms with Crippen molar-refractivity contribution in [2.75, 3.05) is 22.9 Å². The minimum atomic E-state index is -3.50. The van der Waals surface area contributed by atoms with Gasteiger partial charge in [0.1, 0.15) is 5.82 Å². The van der Waals surface area contributed by atoms with Crippen LogP contribution in [0.2, 0.25) is 5.02 Å². The van der Waals surface area contributed by atoms with Crippen LogP contribution < -0.4 is 9.62 Å². The zero-order valence-electron chi connectivity index (χ0n) is 19.8. The van der Waals surface area contributed by atoms with Crippen molar-refractivity contribution < 1.29 is 17.6 Å². The van der Waals surface area contributed by atoms with Gasteiger partial charge in [-0.2, -0.15) is 11.8 Å². The lowest BCUT2D eigenvalue weighted by atomic mass is 10.1. The van der Waals surface area contributed by atoms with Crippen LogP contribution in [0.5, 0.6) is 0 Å². The Labute approximate surface area is 215 Å². The molecule has 0 fully saturated rings. The Morgan fingerprint density at radius 1 is 1.09 bits per heavy atom. The molecule has 3 aromatic carbocycles. The molecule has 0 aliphatic carbocycles. The van der Waals surface area contributed by atoms with Crippen molar-refractivity contribution in [3.05, 3.63) is 99.3 Å². The molecule has 0 aliphatic heterocycles. The largest absolute Gasteiger partial charge is 0.351 e. The smallest absolute Gasteiger partial charge is 0.251 e. The van der Waals surface area contributed by atoms with E-state index in [1.54, 1.807) is 36.4 Å². The van der Waals surface area contributed by atoms with Crippen molar-refractivity contribution in [2.45, 2.75) is 26.1 Å². The number of carbonyl (C=O) groups excluding carboxylic acids is 1. The van der Waals surface area contributed by atoms with Gasteiger partial charge in [-0.05, 0) is 60.9 Å². The summed E-state index contributed by atoms with van der Waals surface area (Å²) < 4.78 is 40.2. The Morgan fingerprint density at radius 3 is 2.46 bits per heavy atom. The highest BCUT2D eigenvalue weighted by atomic mass is 35.5. The van der Waals surface area contributed by atoms with Crippen molar-refractivity contribution in [3.8, 4) is 0 Å². The quantitative estimate of drug-likeness (QED) is 0.338. The second kappa shape index (κ2) is 11.9. The van der Waals surface area contributed by atoms with Gasteiger partial charge in [-0.1, -0.05) is 41.9 Å². The van der Waals surface area contributed by atoms with Gasteiger partial charge in [-0.15, -0.1) is 0 Å². The number of benzene rings is 3. The number of carbonyl (C=O) groups is 1. The number of nitrogens with one attached hydrogen (secondary N) is 1. The van der Waals surface area contributed by atoms with Crippen LogP contribution in [0, 0.1) is 19.7 Å². The highest BCUT2D eigenvalue weighted by molar-refractivity contribution is 7.98. The second-order valence-electron chi connectivity index (χ2n) is 8.27. The van der Waals surface area contributed by atoms with Crippen LogP contribution in [0.15, 0.2) is 60.7 Å². The summed E-state index contributed by atoms with van der Waals surface area (Å²) in [5.74, 6) is 0.470. The summed E-state index contributed by atoms with van der Waals surface area (Å²) in [6.07, 6.45) is 1.19. The summed E-state index contributed by atoms with van der Waals surface area (Å²) in [5, 5.41) is 3.24. The average molecular weight is 535 g/mol. The Hall–Kier alpha value is -2.55. The maximum atomic E-state index is 13.8. The number of aryl methyl sites for hydroxylation is 2. The minimum Gasteiger partial charge on any atom is -0.351 e. The van der Waals surface area contributed by atoms with Crippen LogP contribution in [-0.2, 0) is 22.3 Å². The third-order valence-corrected chi connectivity index (χ3v) is 7.88. The fraction of sp³-hybridized carbons (Fsp3) is 0.269. The Morgan fingerprint density at radius 2 is 1.80 bits per heavy atom. The van der Waals surface area contributed by atoms with E-state index in [-0.39, 0.29) is 18.3 Å². The first-order valence-electron chi connectivity index (χ1n) is 11.0. The van der Waals surface area contributed by atoms with Crippen LogP contribution >= 0.6 is 23.4 Å². The Kier molecular flexibility index (Phi) is 9.21. The molecular weight excluding hydrogens is 507 g/mol. The van der Waals surface area contributed by atoms with E-state index >= 15 is 0 Å². The summed E-state index contributed by atoms with van der Waals surface area (Å²) in [4.78, 5) is 12.5. The first-order valence-corrected chi connectivity index (χ1v) is 14.4. The second-order valence-corrected chi connectivity index (χ2v) is 11.7. The Bertz CT molecular complexity index is 1280. The fourth-order valence-electron chi connectivity index (χ4n) is 3.48. The molecule has 9 heteroatoms. The summed E-state index contributed by atoms with van der Waals surface area (Å²) in [7, 11) is -3.50. The average Bonchev–Trinajstić information content (AvgIpc) is 2.80. The molecule has 0 atom stereocenters. The number of anilines is 1. The van der Waals surface area contributed by atoms with Crippen molar-refractivity contribution in [2.24, 2.45) is 0 Å². The van der Waals surface area contributed by atoms with E-state index in [0.717, 1.165) is 16.7 Å². The Balaban J connectivity index is 1.56. The van der Waals surface area contributed by atoms with Crippen molar-refractivity contribution >= 4 is 45.0 Å². The standard InChI is InChI=1S/C26H28ClFN2O3S2/c1-18-7-8-19(2)25(15-18)30(35(3,32)33)16-20-9-11-21(12-10-20)26(31)29-13-14-34-17-22-23(27)5-4-6-24(22)28/h4-12,15H,13-14,16-17H2,1-3H3,(H,29,31). The van der Waals surface area contributed by atoms with Gasteiger partial charge in [0, 0.05) is 34.2 Å². The van der Waals surface area contributed by atoms with Crippen LogP contribution in [-0.4, -0.2) is 32.9 Å². The molecule has 35 heavy (non-hydrogen) atoms. The van der Waals surface area contributed by atoms with E-state index in [2.05, 4.69) is 5.32 Å². The SMILES string of the molecule is Cc1ccc(C)c(N(Cc2ccc(C(=O)NCCSCc3c(F)cccc3Cl)cc2)S(C)(=O)=O)c1. The molecule has 0 heterocycles. The van der Waals surface area contributed by atoms with Crippen LogP contribution in [0.1, 0.15) is 32.6 Å². The molecule has 0 aliphatic rings. The molecule has 1 N–H and O–H groups in total. The maximum Gasteiger partial charge on any atom is 0.251 e. The fourth-order valence-corrected chi connectivity index (χ4v) is 5.61. The summed E-state index contributed by atoms with van der Waals surface area (Å²) in [5.41, 5.74) is 4.20. The molecule has 0 bridgehead atoms. The molecule has 0 saturated heterocycles. The van der Waals surface area contributed by atoms with Crippen LogP contribution in [0.25, 0.3) is 0 Å². The summed E-state index contributed by atoms with van der Waals surface area (Å²) >= 11 is 7.51. The number of sulfonamides is 1. The molecule has 0 unspecified atom stereocenters. The number of nitrogens with zero attached hydrogens (tertiary/aromatic N) is 1. The monoisotopic (exact) mass is 534 g/mol. The van der Waals surface area contributed by atoms with Crippen molar-refractivity contribution in [3.63, 3.8) is 0 Å². The van der Waals surface area contributed by atoms with E-state index in [0.29, 0.717) is 39.9 Å². The van der Waals surface area contributed by atoms with Gasteiger partial charge in [-0.3, -0.25) is 9.10 Å². The van der Waals surface area contributed by atoms with E-state index in [9.17, 15) is 17.6 Å². The first kappa shape index (κ1) is 27.0. The summed E-state index contributed by atoms with van der Waals surface area (Å²) in [6, 6.07) is 17.2. The molecule has 0 spiro atoms. The highest BCUT2D eigenvalue weighted by Gasteiger charge is 2.20. The van der Waals surface area contributed by atoms with Gasteiger partial charge in [0.2, 0.25) is 10.0 Å². The van der Waals surface area contributed by atoms with Gasteiger partial charge >= 0.3 is 0 Å². The lowest BCUT2D eigenvalue weighted by molar-refractivity contribution is 0.0956. The van der Waals surface area contributed by atoms with Gasteiger partial charge < -0.3 is 5.32 Å². The predicted molar refractivity (Wildman–Crippen MR) is 143 cm³/mol. The van der Waals surface area contributed by atoms with E-state index in [4.69, 9.17) is 11.6 Å². The van der Waals surface area contributed by atoms with Gasteiger partial charge in [0.15, 0.2) is 0 Å². The molecule has 5 nitrogen and oxygen atoms in total. The maximum absolute atomic E-state index is 13.8. The number of rotatable bonds is 10. The normalized spacial score (nSPS) is 11.3. The van der Waals surface area contributed by atoms with E-state index in [1.165, 1.54) is 28.4 Å².